The Bertz CT molecular complexity index is 600. The standard InChI is InChI=1S/C15H20N4/c1-3-12-7-13(18(2)17-12)9-19-8-11-5-4-6-15(16)14(11)10-19/h4-7H,3,8-10,16H2,1-2H3. The van der Waals surface area contributed by atoms with E-state index in [9.17, 15) is 0 Å². The third kappa shape index (κ3) is 2.24. The van der Waals surface area contributed by atoms with Crippen LogP contribution in [0.3, 0.4) is 0 Å². The van der Waals surface area contributed by atoms with Gasteiger partial charge < -0.3 is 5.73 Å². The minimum atomic E-state index is 0.916. The normalized spacial score (nSPS) is 14.8. The Morgan fingerprint density at radius 2 is 2.16 bits per heavy atom. The van der Waals surface area contributed by atoms with Crippen LogP contribution in [-0.2, 0) is 33.1 Å². The van der Waals surface area contributed by atoms with E-state index < -0.39 is 0 Å². The smallest absolute Gasteiger partial charge is 0.0625 e. The molecule has 1 aliphatic heterocycles. The molecule has 1 aromatic heterocycles. The van der Waals surface area contributed by atoms with Crippen LogP contribution in [0.25, 0.3) is 0 Å². The molecule has 0 fully saturated rings. The molecule has 0 atom stereocenters. The van der Waals surface area contributed by atoms with Gasteiger partial charge in [-0.15, -0.1) is 0 Å². The van der Waals surface area contributed by atoms with Crippen molar-refractivity contribution in [3.05, 3.63) is 46.8 Å². The SMILES string of the molecule is CCc1cc(CN2Cc3cccc(N)c3C2)n(C)n1. The summed E-state index contributed by atoms with van der Waals surface area (Å²) in [6.07, 6.45) is 0.987. The highest BCUT2D eigenvalue weighted by Crippen LogP contribution is 2.28. The van der Waals surface area contributed by atoms with E-state index in [0.29, 0.717) is 0 Å². The van der Waals surface area contributed by atoms with Crippen LogP contribution in [-0.4, -0.2) is 14.7 Å². The number of nitrogens with zero attached hydrogens (tertiary/aromatic N) is 3. The van der Waals surface area contributed by atoms with Gasteiger partial charge in [0.2, 0.25) is 0 Å². The van der Waals surface area contributed by atoms with Crippen LogP contribution in [0, 0.1) is 0 Å². The number of hydrogen-bond donors (Lipinski definition) is 1. The van der Waals surface area contributed by atoms with E-state index in [1.165, 1.54) is 16.8 Å². The molecule has 0 aliphatic carbocycles. The van der Waals surface area contributed by atoms with E-state index in [1.807, 2.05) is 23.9 Å². The Balaban J connectivity index is 1.77. The van der Waals surface area contributed by atoms with Crippen molar-refractivity contribution in [2.75, 3.05) is 5.73 Å². The second-order valence-corrected chi connectivity index (χ2v) is 5.23. The second kappa shape index (κ2) is 4.70. The summed E-state index contributed by atoms with van der Waals surface area (Å²) in [5.41, 5.74) is 12.0. The molecule has 2 aromatic rings. The summed E-state index contributed by atoms with van der Waals surface area (Å²) in [7, 11) is 2.02. The van der Waals surface area contributed by atoms with Gasteiger partial charge in [0, 0.05) is 32.4 Å². The molecule has 1 aromatic carbocycles. The van der Waals surface area contributed by atoms with Crippen molar-refractivity contribution in [3.63, 3.8) is 0 Å². The van der Waals surface area contributed by atoms with Crippen LogP contribution < -0.4 is 5.73 Å². The zero-order valence-electron chi connectivity index (χ0n) is 11.6. The van der Waals surface area contributed by atoms with Crippen molar-refractivity contribution in [2.24, 2.45) is 7.05 Å². The van der Waals surface area contributed by atoms with E-state index in [0.717, 1.165) is 37.4 Å². The van der Waals surface area contributed by atoms with Gasteiger partial charge in [-0.1, -0.05) is 19.1 Å². The number of anilines is 1. The second-order valence-electron chi connectivity index (χ2n) is 5.23. The summed E-state index contributed by atoms with van der Waals surface area (Å²) in [6.45, 7) is 4.98. The number of benzene rings is 1. The van der Waals surface area contributed by atoms with E-state index in [4.69, 9.17) is 5.73 Å². The van der Waals surface area contributed by atoms with Crippen LogP contribution in [0.15, 0.2) is 24.3 Å². The van der Waals surface area contributed by atoms with E-state index in [1.54, 1.807) is 0 Å². The first-order chi connectivity index (χ1) is 9.17. The lowest BCUT2D eigenvalue weighted by Crippen LogP contribution is -2.17. The number of fused-ring (bicyclic) bond motifs is 1. The fourth-order valence-corrected chi connectivity index (χ4v) is 2.75. The van der Waals surface area contributed by atoms with Gasteiger partial charge in [-0.3, -0.25) is 9.58 Å². The highest BCUT2D eigenvalue weighted by Gasteiger charge is 2.21. The Morgan fingerprint density at radius 1 is 1.32 bits per heavy atom. The summed E-state index contributed by atoms with van der Waals surface area (Å²) in [5.74, 6) is 0. The Labute approximate surface area is 113 Å². The minimum absolute atomic E-state index is 0.916. The molecule has 0 amide bonds. The summed E-state index contributed by atoms with van der Waals surface area (Å²) in [6, 6.07) is 8.40. The lowest BCUT2D eigenvalue weighted by molar-refractivity contribution is 0.268. The molecular weight excluding hydrogens is 236 g/mol. The topological polar surface area (TPSA) is 47.1 Å². The number of nitrogen functional groups attached to an aromatic ring is 1. The number of aromatic nitrogens is 2. The summed E-state index contributed by atoms with van der Waals surface area (Å²) < 4.78 is 1.99. The monoisotopic (exact) mass is 256 g/mol. The predicted molar refractivity (Wildman–Crippen MR) is 76.4 cm³/mol. The first-order valence-corrected chi connectivity index (χ1v) is 6.77. The lowest BCUT2D eigenvalue weighted by atomic mass is 10.1. The van der Waals surface area contributed by atoms with Crippen LogP contribution in [0.2, 0.25) is 0 Å². The molecule has 100 valence electrons. The number of nitrogens with two attached hydrogens (primary N) is 1. The molecule has 3 rings (SSSR count). The molecule has 4 heteroatoms. The highest BCUT2D eigenvalue weighted by molar-refractivity contribution is 5.52. The zero-order chi connectivity index (χ0) is 13.4. The maximum Gasteiger partial charge on any atom is 0.0625 e. The van der Waals surface area contributed by atoms with Crippen molar-refractivity contribution in [2.45, 2.75) is 33.0 Å². The van der Waals surface area contributed by atoms with Crippen LogP contribution in [0.4, 0.5) is 5.69 Å². The first-order valence-electron chi connectivity index (χ1n) is 6.77. The van der Waals surface area contributed by atoms with Gasteiger partial charge in [-0.25, -0.2) is 0 Å². The van der Waals surface area contributed by atoms with E-state index >= 15 is 0 Å². The maximum absolute atomic E-state index is 6.04. The minimum Gasteiger partial charge on any atom is -0.398 e. The van der Waals surface area contributed by atoms with Gasteiger partial charge in [0.25, 0.3) is 0 Å². The van der Waals surface area contributed by atoms with Gasteiger partial charge >= 0.3 is 0 Å². The van der Waals surface area contributed by atoms with Gasteiger partial charge in [0.15, 0.2) is 0 Å². The molecule has 0 radical (unpaired) electrons. The number of rotatable bonds is 3. The number of hydrogen-bond acceptors (Lipinski definition) is 3. The molecule has 1 aliphatic rings. The predicted octanol–water partition coefficient (Wildman–Crippen LogP) is 2.08. The lowest BCUT2D eigenvalue weighted by Gasteiger charge is -2.14. The van der Waals surface area contributed by atoms with Crippen molar-refractivity contribution in [1.82, 2.24) is 14.7 Å². The largest absolute Gasteiger partial charge is 0.398 e. The average Bonchev–Trinajstić information content (AvgIpc) is 2.95. The summed E-state index contributed by atoms with van der Waals surface area (Å²) in [4.78, 5) is 2.41. The van der Waals surface area contributed by atoms with Crippen molar-refractivity contribution in [3.8, 4) is 0 Å². The molecule has 0 bridgehead atoms. The molecule has 0 spiro atoms. The molecule has 0 unspecified atom stereocenters. The Morgan fingerprint density at radius 3 is 2.84 bits per heavy atom. The fourth-order valence-electron chi connectivity index (χ4n) is 2.75. The van der Waals surface area contributed by atoms with Crippen molar-refractivity contribution < 1.29 is 0 Å². The molecule has 2 N–H and O–H groups in total. The fraction of sp³-hybridized carbons (Fsp3) is 0.400. The van der Waals surface area contributed by atoms with Gasteiger partial charge in [-0.2, -0.15) is 5.10 Å². The molecule has 2 heterocycles. The summed E-state index contributed by atoms with van der Waals surface area (Å²) >= 11 is 0. The van der Waals surface area contributed by atoms with Crippen molar-refractivity contribution >= 4 is 5.69 Å². The molecular formula is C15H20N4. The quantitative estimate of drug-likeness (QED) is 0.855. The third-order valence-electron chi connectivity index (χ3n) is 3.86. The summed E-state index contributed by atoms with van der Waals surface area (Å²) in [5, 5.41) is 4.50. The Hall–Kier alpha value is -1.81. The Kier molecular flexibility index (Phi) is 3.03. The van der Waals surface area contributed by atoms with E-state index in [2.05, 4.69) is 29.1 Å². The molecule has 19 heavy (non-hydrogen) atoms. The van der Waals surface area contributed by atoms with Gasteiger partial charge in [0.05, 0.1) is 11.4 Å². The molecule has 4 nitrogen and oxygen atoms in total. The first kappa shape index (κ1) is 12.2. The van der Waals surface area contributed by atoms with Gasteiger partial charge in [0.1, 0.15) is 0 Å². The highest BCUT2D eigenvalue weighted by atomic mass is 15.3. The number of aryl methyl sites for hydroxylation is 2. The van der Waals surface area contributed by atoms with Gasteiger partial charge in [-0.05, 0) is 29.7 Å². The molecule has 0 saturated carbocycles. The third-order valence-corrected chi connectivity index (χ3v) is 3.86. The van der Waals surface area contributed by atoms with Crippen molar-refractivity contribution in [1.29, 1.82) is 0 Å². The zero-order valence-corrected chi connectivity index (χ0v) is 11.6. The molecule has 0 saturated heterocycles. The van der Waals surface area contributed by atoms with E-state index in [-0.39, 0.29) is 0 Å². The van der Waals surface area contributed by atoms with Crippen LogP contribution in [0.1, 0.15) is 29.4 Å². The van der Waals surface area contributed by atoms with Crippen LogP contribution in [0.5, 0.6) is 0 Å². The maximum atomic E-state index is 6.04. The van der Waals surface area contributed by atoms with Crippen LogP contribution >= 0.6 is 0 Å². The average molecular weight is 256 g/mol.